The molecule has 2 aromatic heterocycles. The van der Waals surface area contributed by atoms with Crippen molar-refractivity contribution in [3.63, 3.8) is 0 Å². The molecule has 0 aliphatic rings. The lowest BCUT2D eigenvalue weighted by Gasteiger charge is -2.12. The van der Waals surface area contributed by atoms with E-state index in [9.17, 15) is 14.7 Å². The summed E-state index contributed by atoms with van der Waals surface area (Å²) >= 11 is 0. The van der Waals surface area contributed by atoms with Crippen LogP contribution in [0.15, 0.2) is 63.8 Å². The van der Waals surface area contributed by atoms with Crippen LogP contribution in [0.5, 0.6) is 0 Å². The summed E-state index contributed by atoms with van der Waals surface area (Å²) in [5, 5.41) is 10.8. The molecular formula is C23H19NO5. The van der Waals surface area contributed by atoms with Crippen molar-refractivity contribution in [3.05, 3.63) is 76.1 Å². The number of carbonyl (C=O) groups is 1. The van der Waals surface area contributed by atoms with E-state index in [1.165, 1.54) is 7.11 Å². The fourth-order valence-corrected chi connectivity index (χ4v) is 3.43. The molecule has 2 heterocycles. The van der Waals surface area contributed by atoms with Gasteiger partial charge in [-0.25, -0.2) is 14.6 Å². The van der Waals surface area contributed by atoms with Gasteiger partial charge in [-0.05, 0) is 42.7 Å². The number of aliphatic hydroxyl groups is 1. The van der Waals surface area contributed by atoms with Crippen LogP contribution >= 0.6 is 0 Å². The van der Waals surface area contributed by atoms with Crippen LogP contribution in [0, 0.1) is 0 Å². The molecule has 0 amide bonds. The van der Waals surface area contributed by atoms with Crippen LogP contribution in [0.3, 0.4) is 0 Å². The smallest absolute Gasteiger partial charge is 0.363 e. The fraction of sp³-hybridized carbons (Fsp3) is 0.174. The molecule has 146 valence electrons. The molecule has 0 aliphatic heterocycles. The molecule has 4 rings (SSSR count). The zero-order valence-corrected chi connectivity index (χ0v) is 15.8. The largest absolute Gasteiger partial charge is 0.465 e. The Kier molecular flexibility index (Phi) is 5.10. The first kappa shape index (κ1) is 18.8. The average molecular weight is 389 g/mol. The summed E-state index contributed by atoms with van der Waals surface area (Å²) in [7, 11) is 1.33. The number of ether oxygens (including phenoxy) is 1. The first-order chi connectivity index (χ1) is 14.1. The molecule has 6 heteroatoms. The molecule has 0 fully saturated rings. The molecule has 0 saturated carbocycles. The molecule has 0 unspecified atom stereocenters. The SMILES string of the molecule is COC(=O)c1ccc(-c2nc3c(=O)oc4ccccc4c3cc2CCCO)cc1. The number of nitrogens with zero attached hydrogens (tertiary/aromatic N) is 1. The normalized spacial score (nSPS) is 11.1. The second-order valence-electron chi connectivity index (χ2n) is 6.67. The molecule has 29 heavy (non-hydrogen) atoms. The van der Waals surface area contributed by atoms with Crippen LogP contribution < -0.4 is 5.63 Å². The van der Waals surface area contributed by atoms with E-state index in [4.69, 9.17) is 9.15 Å². The van der Waals surface area contributed by atoms with E-state index in [1.54, 1.807) is 30.3 Å². The van der Waals surface area contributed by atoms with E-state index in [0.29, 0.717) is 29.7 Å². The van der Waals surface area contributed by atoms with E-state index in [1.807, 2.05) is 24.3 Å². The molecule has 0 radical (unpaired) electrons. The highest BCUT2D eigenvalue weighted by Crippen LogP contribution is 2.29. The lowest BCUT2D eigenvalue weighted by Crippen LogP contribution is -2.06. The number of rotatable bonds is 5. The first-order valence-corrected chi connectivity index (χ1v) is 9.27. The summed E-state index contributed by atoms with van der Waals surface area (Å²) in [5.41, 5.74) is 3.00. The van der Waals surface area contributed by atoms with Crippen LogP contribution in [0.1, 0.15) is 22.3 Å². The molecule has 4 aromatic rings. The quantitative estimate of drug-likeness (QED) is 0.318. The molecule has 0 aliphatic carbocycles. The van der Waals surface area contributed by atoms with Gasteiger partial charge in [-0.2, -0.15) is 0 Å². The van der Waals surface area contributed by atoms with Crippen LogP contribution in [0.4, 0.5) is 0 Å². The van der Waals surface area contributed by atoms with Crippen molar-refractivity contribution in [2.45, 2.75) is 12.8 Å². The van der Waals surface area contributed by atoms with Gasteiger partial charge in [0.05, 0.1) is 18.4 Å². The summed E-state index contributed by atoms with van der Waals surface area (Å²) in [4.78, 5) is 28.9. The maximum atomic E-state index is 12.6. The van der Waals surface area contributed by atoms with Crippen LogP contribution in [-0.4, -0.2) is 29.8 Å². The molecule has 2 aromatic carbocycles. The molecular weight excluding hydrogens is 370 g/mol. The van der Waals surface area contributed by atoms with Crippen molar-refractivity contribution in [1.82, 2.24) is 4.98 Å². The maximum absolute atomic E-state index is 12.6. The Morgan fingerprint density at radius 2 is 1.86 bits per heavy atom. The molecule has 0 bridgehead atoms. The molecule has 1 N–H and O–H groups in total. The Bertz CT molecular complexity index is 1260. The van der Waals surface area contributed by atoms with Crippen molar-refractivity contribution in [2.75, 3.05) is 13.7 Å². The van der Waals surface area contributed by atoms with E-state index in [-0.39, 0.29) is 12.1 Å². The number of pyridine rings is 1. The molecule has 0 atom stereocenters. The zero-order valence-electron chi connectivity index (χ0n) is 15.8. The average Bonchev–Trinajstić information content (AvgIpc) is 2.77. The Labute approximate surface area is 166 Å². The van der Waals surface area contributed by atoms with Gasteiger partial charge < -0.3 is 14.3 Å². The summed E-state index contributed by atoms with van der Waals surface area (Å²) in [5.74, 6) is -0.421. The number of fused-ring (bicyclic) bond motifs is 3. The third-order valence-electron chi connectivity index (χ3n) is 4.86. The minimum atomic E-state index is -0.500. The Hall–Kier alpha value is -3.51. The minimum absolute atomic E-state index is 0.0520. The van der Waals surface area contributed by atoms with Gasteiger partial charge in [-0.3, -0.25) is 0 Å². The lowest BCUT2D eigenvalue weighted by molar-refractivity contribution is 0.0600. The predicted molar refractivity (Wildman–Crippen MR) is 110 cm³/mol. The number of para-hydroxylation sites is 1. The minimum Gasteiger partial charge on any atom is -0.465 e. The van der Waals surface area contributed by atoms with E-state index >= 15 is 0 Å². The number of carbonyl (C=O) groups excluding carboxylic acids is 1. The second kappa shape index (κ2) is 7.85. The summed E-state index contributed by atoms with van der Waals surface area (Å²) in [6.07, 6.45) is 1.17. The third kappa shape index (κ3) is 3.50. The van der Waals surface area contributed by atoms with E-state index < -0.39 is 11.6 Å². The van der Waals surface area contributed by atoms with Gasteiger partial charge in [0.15, 0.2) is 5.52 Å². The van der Waals surface area contributed by atoms with Crippen molar-refractivity contribution in [3.8, 4) is 11.3 Å². The number of aliphatic hydroxyl groups excluding tert-OH is 1. The topological polar surface area (TPSA) is 89.6 Å². The molecule has 6 nitrogen and oxygen atoms in total. The standard InChI is InChI=1S/C23H19NO5/c1-28-22(26)15-10-8-14(9-11-15)20-16(5-4-12-25)13-18-17-6-2-3-7-19(17)29-23(27)21(18)24-20/h2-3,6-11,13,25H,4-5,12H2,1H3. The van der Waals surface area contributed by atoms with Gasteiger partial charge >= 0.3 is 11.6 Å². The van der Waals surface area contributed by atoms with Gasteiger partial charge in [0.25, 0.3) is 0 Å². The highest BCUT2D eigenvalue weighted by molar-refractivity contribution is 6.03. The number of benzene rings is 2. The summed E-state index contributed by atoms with van der Waals surface area (Å²) in [6.45, 7) is 0.0520. The number of aryl methyl sites for hydroxylation is 1. The van der Waals surface area contributed by atoms with Crippen molar-refractivity contribution >= 4 is 27.8 Å². The van der Waals surface area contributed by atoms with Crippen LogP contribution in [0.2, 0.25) is 0 Å². The number of methoxy groups -OCH3 is 1. The molecule has 0 spiro atoms. The Morgan fingerprint density at radius 3 is 2.59 bits per heavy atom. The summed E-state index contributed by atoms with van der Waals surface area (Å²) < 4.78 is 10.2. The van der Waals surface area contributed by atoms with Crippen molar-refractivity contribution in [2.24, 2.45) is 0 Å². The van der Waals surface area contributed by atoms with E-state index in [2.05, 4.69) is 4.98 Å². The maximum Gasteiger partial charge on any atom is 0.363 e. The number of aromatic nitrogens is 1. The number of hydrogen-bond donors (Lipinski definition) is 1. The predicted octanol–water partition coefficient (Wildman–Crippen LogP) is 3.72. The third-order valence-corrected chi connectivity index (χ3v) is 4.86. The van der Waals surface area contributed by atoms with E-state index in [0.717, 1.165) is 21.9 Å². The van der Waals surface area contributed by atoms with Crippen LogP contribution in [-0.2, 0) is 11.2 Å². The van der Waals surface area contributed by atoms with Gasteiger partial charge in [-0.15, -0.1) is 0 Å². The number of hydrogen-bond acceptors (Lipinski definition) is 6. The molecule has 0 saturated heterocycles. The Balaban J connectivity index is 1.94. The number of esters is 1. The van der Waals surface area contributed by atoms with Crippen molar-refractivity contribution < 1.29 is 19.1 Å². The monoisotopic (exact) mass is 389 g/mol. The van der Waals surface area contributed by atoms with Gasteiger partial charge in [0.1, 0.15) is 5.58 Å². The second-order valence-corrected chi connectivity index (χ2v) is 6.67. The first-order valence-electron chi connectivity index (χ1n) is 9.27. The summed E-state index contributed by atoms with van der Waals surface area (Å²) in [6, 6.07) is 16.1. The fourth-order valence-electron chi connectivity index (χ4n) is 3.43. The Morgan fingerprint density at radius 1 is 1.10 bits per heavy atom. The van der Waals surface area contributed by atoms with Crippen LogP contribution in [0.25, 0.3) is 33.1 Å². The van der Waals surface area contributed by atoms with Gasteiger partial charge in [0, 0.05) is 22.9 Å². The van der Waals surface area contributed by atoms with Gasteiger partial charge in [-0.1, -0.05) is 30.3 Å². The highest BCUT2D eigenvalue weighted by atomic mass is 16.5. The van der Waals surface area contributed by atoms with Gasteiger partial charge in [0.2, 0.25) is 0 Å². The highest BCUT2D eigenvalue weighted by Gasteiger charge is 2.15. The van der Waals surface area contributed by atoms with Crippen molar-refractivity contribution in [1.29, 1.82) is 0 Å². The lowest BCUT2D eigenvalue weighted by atomic mass is 9.98. The zero-order chi connectivity index (χ0) is 20.4.